The van der Waals surface area contributed by atoms with Crippen molar-refractivity contribution in [2.24, 2.45) is 0 Å². The van der Waals surface area contributed by atoms with Crippen LogP contribution in [0.1, 0.15) is 6.92 Å². The molecule has 0 N–H and O–H groups in total. The first-order valence-electron chi connectivity index (χ1n) is 4.21. The molecular formula is C7H3F13. The molecule has 0 saturated heterocycles. The molecule has 0 bridgehead atoms. The Bertz CT molecular complexity index is 320. The van der Waals surface area contributed by atoms with Crippen LogP contribution in [-0.2, 0) is 0 Å². The van der Waals surface area contributed by atoms with Gasteiger partial charge in [0.05, 0.1) is 0 Å². The van der Waals surface area contributed by atoms with Crippen LogP contribution in [0.3, 0.4) is 0 Å². The smallest absolute Gasteiger partial charge is 0.230 e. The molecule has 1 unspecified atom stereocenters. The van der Waals surface area contributed by atoms with Gasteiger partial charge in [0.15, 0.2) is 0 Å². The molecule has 1 atom stereocenters. The van der Waals surface area contributed by atoms with Gasteiger partial charge in [0.2, 0.25) is 5.67 Å². The highest BCUT2D eigenvalue weighted by Crippen LogP contribution is 2.59. The molecule has 0 aromatic carbocycles. The summed E-state index contributed by atoms with van der Waals surface area (Å²) in [5.74, 6) is -22.0. The SMILES string of the molecule is CC(F)(C(F)(F)C(F)(F)F)C(F)(F)C(F)(F)C(F)(F)F. The van der Waals surface area contributed by atoms with E-state index in [4.69, 9.17) is 0 Å². The van der Waals surface area contributed by atoms with Crippen molar-refractivity contribution >= 4 is 0 Å². The Kier molecular flexibility index (Phi) is 4.10. The van der Waals surface area contributed by atoms with Gasteiger partial charge < -0.3 is 0 Å². The maximum Gasteiger partial charge on any atom is 0.460 e. The van der Waals surface area contributed by atoms with Crippen LogP contribution in [0, 0.1) is 0 Å². The van der Waals surface area contributed by atoms with E-state index in [2.05, 4.69) is 0 Å². The van der Waals surface area contributed by atoms with E-state index in [9.17, 15) is 57.1 Å². The summed E-state index contributed by atoms with van der Waals surface area (Å²) in [5, 5.41) is 0. The van der Waals surface area contributed by atoms with Crippen LogP contribution in [0.5, 0.6) is 0 Å². The molecule has 0 radical (unpaired) electrons. The van der Waals surface area contributed by atoms with Gasteiger partial charge >= 0.3 is 30.1 Å². The Morgan fingerprint density at radius 1 is 0.400 bits per heavy atom. The molecule has 0 heterocycles. The lowest BCUT2D eigenvalue weighted by molar-refractivity contribution is -0.421. The minimum atomic E-state index is -7.45. The molecule has 0 aliphatic heterocycles. The van der Waals surface area contributed by atoms with Crippen LogP contribution in [-0.4, -0.2) is 35.8 Å². The maximum absolute atomic E-state index is 13.0. The molecule has 0 aliphatic rings. The van der Waals surface area contributed by atoms with E-state index >= 15 is 0 Å². The fourth-order valence-corrected chi connectivity index (χ4v) is 0.936. The molecule has 13 heteroatoms. The second-order valence-corrected chi connectivity index (χ2v) is 3.72. The fourth-order valence-electron chi connectivity index (χ4n) is 0.936. The molecule has 0 rings (SSSR count). The van der Waals surface area contributed by atoms with Gasteiger partial charge in [-0.05, 0) is 6.92 Å². The average molecular weight is 334 g/mol. The summed E-state index contributed by atoms with van der Waals surface area (Å²) in [6.07, 6.45) is -14.4. The van der Waals surface area contributed by atoms with Crippen LogP contribution in [0.4, 0.5) is 57.1 Å². The molecule has 0 nitrogen and oxygen atoms in total. The van der Waals surface area contributed by atoms with Crippen LogP contribution >= 0.6 is 0 Å². The predicted molar refractivity (Wildman–Crippen MR) is 36.5 cm³/mol. The van der Waals surface area contributed by atoms with E-state index < -0.39 is 42.7 Å². The third kappa shape index (κ3) is 2.28. The van der Waals surface area contributed by atoms with Crippen LogP contribution < -0.4 is 0 Å². The van der Waals surface area contributed by atoms with Crippen molar-refractivity contribution in [3.63, 3.8) is 0 Å². The molecule has 0 saturated carbocycles. The van der Waals surface area contributed by atoms with Crippen LogP contribution in [0.2, 0.25) is 0 Å². The van der Waals surface area contributed by atoms with E-state index in [1.54, 1.807) is 0 Å². The Morgan fingerprint density at radius 2 is 0.650 bits per heavy atom. The monoisotopic (exact) mass is 334 g/mol. The summed E-state index contributed by atoms with van der Waals surface area (Å²) in [7, 11) is 0. The van der Waals surface area contributed by atoms with Gasteiger partial charge in [-0.1, -0.05) is 0 Å². The summed E-state index contributed by atoms with van der Waals surface area (Å²) in [6.45, 7) is -1.39. The molecule has 122 valence electrons. The Labute approximate surface area is 101 Å². The van der Waals surface area contributed by atoms with Crippen LogP contribution in [0.15, 0.2) is 0 Å². The van der Waals surface area contributed by atoms with Gasteiger partial charge in [-0.25, -0.2) is 4.39 Å². The molecule has 0 aromatic rings. The largest absolute Gasteiger partial charge is 0.460 e. The zero-order valence-corrected chi connectivity index (χ0v) is 8.91. The number of rotatable bonds is 3. The maximum atomic E-state index is 13.0. The van der Waals surface area contributed by atoms with Gasteiger partial charge in [0.1, 0.15) is 0 Å². The van der Waals surface area contributed by atoms with Crippen molar-refractivity contribution < 1.29 is 57.1 Å². The number of alkyl halides is 13. The normalized spacial score (nSPS) is 18.9. The lowest BCUT2D eigenvalue weighted by Gasteiger charge is -2.40. The number of hydrogen-bond donors (Lipinski definition) is 0. The van der Waals surface area contributed by atoms with Gasteiger partial charge in [0, 0.05) is 0 Å². The van der Waals surface area contributed by atoms with Crippen molar-refractivity contribution in [3.05, 3.63) is 0 Å². The molecule has 20 heavy (non-hydrogen) atoms. The van der Waals surface area contributed by atoms with Crippen molar-refractivity contribution in [1.29, 1.82) is 0 Å². The lowest BCUT2D eigenvalue weighted by Crippen LogP contribution is -2.70. The fraction of sp³-hybridized carbons (Fsp3) is 1.00. The van der Waals surface area contributed by atoms with Gasteiger partial charge in [-0.2, -0.15) is 52.7 Å². The van der Waals surface area contributed by atoms with Crippen molar-refractivity contribution in [2.75, 3.05) is 0 Å². The van der Waals surface area contributed by atoms with E-state index in [-0.39, 0.29) is 0 Å². The van der Waals surface area contributed by atoms with Gasteiger partial charge in [0.25, 0.3) is 0 Å². The van der Waals surface area contributed by atoms with E-state index in [1.807, 2.05) is 0 Å². The lowest BCUT2D eigenvalue weighted by atomic mass is 9.87. The van der Waals surface area contributed by atoms with Crippen molar-refractivity contribution in [3.8, 4) is 0 Å². The predicted octanol–water partition coefficient (Wildman–Crippen LogP) is 4.75. The summed E-state index contributed by atoms with van der Waals surface area (Å²) in [5.41, 5.74) is -6.54. The van der Waals surface area contributed by atoms with E-state index in [0.717, 1.165) is 0 Å². The quantitative estimate of drug-likeness (QED) is 0.654. The Morgan fingerprint density at radius 3 is 0.850 bits per heavy atom. The standard InChI is InChI=1S/C7H3F13/c1-2(8,4(11,12)6(15,16)17)3(9,10)5(13,14)7(18,19)20/h1H3. The first-order valence-corrected chi connectivity index (χ1v) is 4.21. The van der Waals surface area contributed by atoms with Gasteiger partial charge in [-0.3, -0.25) is 0 Å². The zero-order valence-electron chi connectivity index (χ0n) is 8.91. The first kappa shape index (κ1) is 19.1. The highest BCUT2D eigenvalue weighted by molar-refractivity contribution is 5.11. The Hall–Kier alpha value is -0.910. The first-order chi connectivity index (χ1) is 8.25. The Balaban J connectivity index is 6.08. The molecule has 0 aliphatic carbocycles. The highest BCUT2D eigenvalue weighted by Gasteiger charge is 2.88. The highest BCUT2D eigenvalue weighted by atomic mass is 19.4. The summed E-state index contributed by atoms with van der Waals surface area (Å²) in [4.78, 5) is 0. The second-order valence-electron chi connectivity index (χ2n) is 3.72. The minimum absolute atomic E-state index is 1.39. The summed E-state index contributed by atoms with van der Waals surface area (Å²) < 4.78 is 158. The van der Waals surface area contributed by atoms with Gasteiger partial charge in [-0.15, -0.1) is 0 Å². The third-order valence-corrected chi connectivity index (χ3v) is 2.29. The third-order valence-electron chi connectivity index (χ3n) is 2.29. The average Bonchev–Trinajstić information content (AvgIpc) is 2.12. The summed E-state index contributed by atoms with van der Waals surface area (Å²) >= 11 is 0. The molecule has 0 spiro atoms. The zero-order chi connectivity index (χ0) is 17.0. The minimum Gasteiger partial charge on any atom is -0.230 e. The van der Waals surface area contributed by atoms with Crippen molar-refractivity contribution in [1.82, 2.24) is 0 Å². The van der Waals surface area contributed by atoms with Crippen LogP contribution in [0.25, 0.3) is 0 Å². The second kappa shape index (κ2) is 4.29. The van der Waals surface area contributed by atoms with E-state index in [1.165, 1.54) is 0 Å². The number of hydrogen-bond acceptors (Lipinski definition) is 0. The van der Waals surface area contributed by atoms with Crippen molar-refractivity contribution in [2.45, 2.75) is 42.7 Å². The molecule has 0 aromatic heterocycles. The topological polar surface area (TPSA) is 0 Å². The van der Waals surface area contributed by atoms with E-state index in [0.29, 0.717) is 0 Å². The summed E-state index contributed by atoms with van der Waals surface area (Å²) in [6, 6.07) is 0. The molecule has 0 fully saturated rings. The number of halogens is 13. The molecule has 0 amide bonds. The molecular weight excluding hydrogens is 331 g/mol.